The minimum absolute atomic E-state index is 0.399. The van der Waals surface area contributed by atoms with Gasteiger partial charge in [-0.25, -0.2) is 0 Å². The smallest absolute Gasteiger partial charge is 0.173 e. The van der Waals surface area contributed by atoms with E-state index in [9.17, 15) is 0 Å². The van der Waals surface area contributed by atoms with Crippen molar-refractivity contribution in [1.82, 2.24) is 14.9 Å². The van der Waals surface area contributed by atoms with Crippen molar-refractivity contribution in [2.45, 2.75) is 39.7 Å². The van der Waals surface area contributed by atoms with Crippen molar-refractivity contribution in [1.29, 1.82) is 0 Å². The van der Waals surface area contributed by atoms with Crippen LogP contribution in [-0.2, 0) is 0 Å². The summed E-state index contributed by atoms with van der Waals surface area (Å²) in [4.78, 5) is 11.1. The van der Waals surface area contributed by atoms with E-state index >= 15 is 0 Å². The fourth-order valence-electron chi connectivity index (χ4n) is 4.43. The maximum Gasteiger partial charge on any atom is 0.173 e. The van der Waals surface area contributed by atoms with E-state index in [0.29, 0.717) is 11.5 Å². The molecule has 5 heteroatoms. The Bertz CT molecular complexity index is 788. The van der Waals surface area contributed by atoms with Crippen molar-refractivity contribution >= 4 is 34.1 Å². The molecule has 1 N–H and O–H groups in total. The molecule has 1 saturated heterocycles. The maximum atomic E-state index is 5.74. The number of aromatic nitrogens is 2. The summed E-state index contributed by atoms with van der Waals surface area (Å²) in [6.45, 7) is 8.29. The van der Waals surface area contributed by atoms with E-state index in [1.54, 1.807) is 12.4 Å². The number of likely N-dealkylation sites (tertiary alicyclic amines) is 1. The van der Waals surface area contributed by atoms with Crippen molar-refractivity contribution in [3.63, 3.8) is 0 Å². The highest BCUT2D eigenvalue weighted by Gasteiger charge is 2.48. The summed E-state index contributed by atoms with van der Waals surface area (Å²) >= 11 is 5.74. The molecule has 4 rings (SSSR count). The van der Waals surface area contributed by atoms with Crippen LogP contribution >= 0.6 is 12.2 Å². The van der Waals surface area contributed by atoms with Gasteiger partial charge < -0.3 is 10.2 Å². The molecule has 0 radical (unpaired) electrons. The fraction of sp³-hybridized carbons (Fsp3) is 0.526. The van der Waals surface area contributed by atoms with Gasteiger partial charge in [0.2, 0.25) is 0 Å². The second-order valence-electron chi connectivity index (χ2n) is 7.97. The number of fused-ring (bicyclic) bond motifs is 3. The number of benzene rings is 1. The van der Waals surface area contributed by atoms with Gasteiger partial charge in [0, 0.05) is 30.7 Å². The highest BCUT2D eigenvalue weighted by Crippen LogP contribution is 2.49. The number of nitrogens with zero attached hydrogens (tertiary/aromatic N) is 3. The zero-order valence-electron chi connectivity index (χ0n) is 14.5. The molecule has 2 aliphatic rings. The molecule has 2 aromatic rings. The minimum atomic E-state index is 0.399. The third-order valence-corrected chi connectivity index (χ3v) is 6.47. The van der Waals surface area contributed by atoms with Gasteiger partial charge in [0.05, 0.1) is 11.0 Å². The second kappa shape index (κ2) is 5.66. The van der Waals surface area contributed by atoms with Crippen LogP contribution < -0.4 is 5.32 Å². The van der Waals surface area contributed by atoms with Crippen LogP contribution in [0.3, 0.4) is 0 Å². The van der Waals surface area contributed by atoms with E-state index in [4.69, 9.17) is 12.2 Å². The van der Waals surface area contributed by atoms with Crippen LogP contribution in [0.15, 0.2) is 30.6 Å². The van der Waals surface area contributed by atoms with E-state index < -0.39 is 0 Å². The molecule has 126 valence electrons. The molecule has 1 saturated carbocycles. The van der Waals surface area contributed by atoms with Crippen LogP contribution in [0.1, 0.15) is 33.6 Å². The molecule has 0 spiro atoms. The Hall–Kier alpha value is -1.75. The Balaban J connectivity index is 1.52. The van der Waals surface area contributed by atoms with Crippen molar-refractivity contribution in [3.05, 3.63) is 30.6 Å². The molecule has 24 heavy (non-hydrogen) atoms. The van der Waals surface area contributed by atoms with Gasteiger partial charge in [-0.1, -0.05) is 20.8 Å². The number of anilines is 1. The lowest BCUT2D eigenvalue weighted by Crippen LogP contribution is -2.41. The van der Waals surface area contributed by atoms with Gasteiger partial charge >= 0.3 is 0 Å². The van der Waals surface area contributed by atoms with Crippen LogP contribution in [-0.4, -0.2) is 32.6 Å². The van der Waals surface area contributed by atoms with Gasteiger partial charge in [-0.05, 0) is 60.5 Å². The van der Waals surface area contributed by atoms with Gasteiger partial charge in [0.15, 0.2) is 5.11 Å². The predicted octanol–water partition coefficient (Wildman–Crippen LogP) is 4.08. The largest absolute Gasteiger partial charge is 0.346 e. The van der Waals surface area contributed by atoms with Gasteiger partial charge in [0.25, 0.3) is 0 Å². The first-order valence-corrected chi connectivity index (χ1v) is 9.13. The molecule has 3 unspecified atom stereocenters. The first kappa shape index (κ1) is 15.8. The molecule has 2 bridgehead atoms. The first-order valence-electron chi connectivity index (χ1n) is 8.72. The molecule has 2 fully saturated rings. The van der Waals surface area contributed by atoms with E-state index in [0.717, 1.165) is 40.2 Å². The van der Waals surface area contributed by atoms with Gasteiger partial charge in [0.1, 0.15) is 0 Å². The van der Waals surface area contributed by atoms with Crippen LogP contribution in [0.2, 0.25) is 0 Å². The highest BCUT2D eigenvalue weighted by molar-refractivity contribution is 7.80. The molecule has 1 aliphatic heterocycles. The van der Waals surface area contributed by atoms with E-state index in [1.165, 1.54) is 12.8 Å². The Labute approximate surface area is 148 Å². The zero-order chi connectivity index (χ0) is 16.9. The topological polar surface area (TPSA) is 41.0 Å². The van der Waals surface area contributed by atoms with Crippen LogP contribution in [0, 0.1) is 17.3 Å². The van der Waals surface area contributed by atoms with Crippen LogP contribution in [0.25, 0.3) is 11.0 Å². The molecule has 4 nitrogen and oxygen atoms in total. The molecule has 1 aromatic carbocycles. The van der Waals surface area contributed by atoms with Gasteiger partial charge in [-0.3, -0.25) is 9.97 Å². The summed E-state index contributed by atoms with van der Waals surface area (Å²) in [5.41, 5.74) is 3.18. The number of hydrogen-bond donors (Lipinski definition) is 1. The van der Waals surface area contributed by atoms with E-state index in [2.05, 4.69) is 41.0 Å². The van der Waals surface area contributed by atoms with Crippen molar-refractivity contribution in [2.75, 3.05) is 11.9 Å². The van der Waals surface area contributed by atoms with Crippen molar-refractivity contribution in [3.8, 4) is 0 Å². The third kappa shape index (κ3) is 2.65. The molecular formula is C19H24N4S. The van der Waals surface area contributed by atoms with Gasteiger partial charge in [-0.2, -0.15) is 0 Å². The third-order valence-electron chi connectivity index (χ3n) is 6.13. The second-order valence-corrected chi connectivity index (χ2v) is 8.36. The molecular weight excluding hydrogens is 316 g/mol. The normalized spacial score (nSPS) is 28.1. The molecule has 2 heterocycles. The standard InChI is InChI=1S/C19H24N4S/c1-12-13-8-15(10-19(12,2)3)23(11-13)18(24)22-14-4-5-16-17(9-14)21-7-6-20-16/h4-7,9,12-13,15H,8,10-11H2,1-3H3,(H,22,24). The van der Waals surface area contributed by atoms with Crippen molar-refractivity contribution in [2.24, 2.45) is 17.3 Å². The molecule has 1 aliphatic carbocycles. The predicted molar refractivity (Wildman–Crippen MR) is 102 cm³/mol. The Morgan fingerprint density at radius 2 is 2.00 bits per heavy atom. The summed E-state index contributed by atoms with van der Waals surface area (Å²) in [5, 5.41) is 4.26. The lowest BCUT2D eigenvalue weighted by atomic mass is 9.65. The van der Waals surface area contributed by atoms with Crippen molar-refractivity contribution < 1.29 is 0 Å². The lowest BCUT2D eigenvalue weighted by Gasteiger charge is -2.41. The molecule has 1 aromatic heterocycles. The SMILES string of the molecule is CC1C2CC(CC1(C)C)N(C(=S)Nc1ccc3nccnc3c1)C2. The monoisotopic (exact) mass is 340 g/mol. The summed E-state index contributed by atoms with van der Waals surface area (Å²) < 4.78 is 0. The van der Waals surface area contributed by atoms with E-state index in [-0.39, 0.29) is 0 Å². The number of rotatable bonds is 1. The number of thiocarbonyl (C=S) groups is 1. The molecule has 3 atom stereocenters. The van der Waals surface area contributed by atoms with E-state index in [1.807, 2.05) is 18.2 Å². The quantitative estimate of drug-likeness (QED) is 0.792. The lowest BCUT2D eigenvalue weighted by molar-refractivity contribution is 0.107. The fourth-order valence-corrected chi connectivity index (χ4v) is 4.77. The Morgan fingerprint density at radius 1 is 1.25 bits per heavy atom. The number of nitrogens with one attached hydrogen (secondary N) is 1. The average Bonchev–Trinajstić information content (AvgIpc) is 2.92. The highest BCUT2D eigenvalue weighted by atomic mass is 32.1. The summed E-state index contributed by atoms with van der Waals surface area (Å²) in [6.07, 6.45) is 5.93. The Kier molecular flexibility index (Phi) is 3.71. The zero-order valence-corrected chi connectivity index (χ0v) is 15.3. The van der Waals surface area contributed by atoms with Gasteiger partial charge in [-0.15, -0.1) is 0 Å². The molecule has 0 amide bonds. The summed E-state index contributed by atoms with van der Waals surface area (Å²) in [6, 6.07) is 6.60. The Morgan fingerprint density at radius 3 is 2.79 bits per heavy atom. The average molecular weight is 340 g/mol. The van der Waals surface area contributed by atoms with Crippen LogP contribution in [0.4, 0.5) is 5.69 Å². The maximum absolute atomic E-state index is 5.74. The minimum Gasteiger partial charge on any atom is -0.346 e. The van der Waals surface area contributed by atoms with Crippen LogP contribution in [0.5, 0.6) is 0 Å². The summed E-state index contributed by atoms with van der Waals surface area (Å²) in [7, 11) is 0. The first-order chi connectivity index (χ1) is 11.4. The summed E-state index contributed by atoms with van der Waals surface area (Å²) in [5.74, 6) is 1.50. The number of hydrogen-bond acceptors (Lipinski definition) is 3.